The third kappa shape index (κ3) is 4.22. The first-order chi connectivity index (χ1) is 13.3. The Hall–Kier alpha value is -2.33. The Bertz CT molecular complexity index is 882. The second-order valence-corrected chi connectivity index (χ2v) is 8.37. The van der Waals surface area contributed by atoms with E-state index >= 15 is 0 Å². The highest BCUT2D eigenvalue weighted by atomic mass is 35.5. The van der Waals surface area contributed by atoms with Gasteiger partial charge in [0, 0.05) is 29.9 Å². The van der Waals surface area contributed by atoms with Gasteiger partial charge >= 0.3 is 0 Å². The summed E-state index contributed by atoms with van der Waals surface area (Å²) >= 11 is 6.24. The third-order valence-electron chi connectivity index (χ3n) is 4.91. The first-order valence-corrected chi connectivity index (χ1v) is 10.1. The van der Waals surface area contributed by atoms with Crippen LogP contribution >= 0.6 is 11.6 Å². The Balaban J connectivity index is 1.99. The summed E-state index contributed by atoms with van der Waals surface area (Å²) in [5, 5.41) is 0. The zero-order chi connectivity index (χ0) is 20.3. The van der Waals surface area contributed by atoms with E-state index in [1.807, 2.05) is 49.4 Å². The second kappa shape index (κ2) is 8.36. The minimum absolute atomic E-state index is 0.0494. The number of hydrogen-bond donors (Lipinski definition) is 0. The number of nitrogens with zero attached hydrogens (tertiary/aromatic N) is 2. The number of anilines is 1. The maximum absolute atomic E-state index is 12.6. The van der Waals surface area contributed by atoms with Crippen molar-refractivity contribution in [2.45, 2.75) is 38.5 Å². The molecule has 0 fully saturated rings. The molecule has 28 heavy (non-hydrogen) atoms. The molecule has 0 aromatic heterocycles. The van der Waals surface area contributed by atoms with Crippen LogP contribution in [0.4, 0.5) is 5.69 Å². The van der Waals surface area contributed by atoms with Crippen molar-refractivity contribution in [2.75, 3.05) is 25.1 Å². The molecule has 1 aliphatic heterocycles. The monoisotopic (exact) mass is 398 g/mol. The molecule has 0 N–H and O–H groups in total. The Morgan fingerprint density at radius 2 is 1.86 bits per heavy atom. The standard InChI is InChI=1S/C23H27ClN2O2/c1-5-25-22(16-8-11-19(28-4)12-9-16)26-14-6-7-17-15-18(10-13-20(17)26)21(27)23(2,3)24/h8-13,15H,5-7,14H2,1-4H3/b25-22-. The molecule has 0 aliphatic carbocycles. The number of ketones is 1. The summed E-state index contributed by atoms with van der Waals surface area (Å²) in [6, 6.07) is 13.9. The Morgan fingerprint density at radius 3 is 2.46 bits per heavy atom. The number of fused-ring (bicyclic) bond motifs is 1. The highest BCUT2D eigenvalue weighted by Gasteiger charge is 2.28. The summed E-state index contributed by atoms with van der Waals surface area (Å²) in [6.07, 6.45) is 1.95. The van der Waals surface area contributed by atoms with Crippen LogP contribution in [-0.4, -0.2) is 36.7 Å². The molecule has 3 rings (SSSR count). The number of Topliss-reactive ketones (excluding diaryl/α,β-unsaturated/α-hetero) is 1. The van der Waals surface area contributed by atoms with E-state index in [4.69, 9.17) is 21.3 Å². The molecular formula is C23H27ClN2O2. The van der Waals surface area contributed by atoms with Crippen LogP contribution in [0.25, 0.3) is 0 Å². The highest BCUT2D eigenvalue weighted by molar-refractivity contribution is 6.37. The Labute approximate surface area is 172 Å². The topological polar surface area (TPSA) is 41.9 Å². The highest BCUT2D eigenvalue weighted by Crippen LogP contribution is 2.31. The van der Waals surface area contributed by atoms with Gasteiger partial charge in [0.25, 0.3) is 0 Å². The van der Waals surface area contributed by atoms with E-state index in [2.05, 4.69) is 4.90 Å². The van der Waals surface area contributed by atoms with Gasteiger partial charge in [-0.25, -0.2) is 0 Å². The number of amidine groups is 1. The zero-order valence-corrected chi connectivity index (χ0v) is 17.7. The molecule has 148 valence electrons. The number of benzene rings is 2. The smallest absolute Gasteiger partial charge is 0.183 e. The zero-order valence-electron chi connectivity index (χ0n) is 17.0. The molecule has 0 atom stereocenters. The van der Waals surface area contributed by atoms with Crippen LogP contribution in [0.1, 0.15) is 48.7 Å². The molecule has 4 nitrogen and oxygen atoms in total. The van der Waals surface area contributed by atoms with Gasteiger partial charge in [-0.05, 0) is 81.6 Å². The lowest BCUT2D eigenvalue weighted by molar-refractivity contribution is 0.0954. The fourth-order valence-corrected chi connectivity index (χ4v) is 3.63. The van der Waals surface area contributed by atoms with Crippen LogP contribution in [0.2, 0.25) is 0 Å². The van der Waals surface area contributed by atoms with Crippen LogP contribution in [-0.2, 0) is 6.42 Å². The summed E-state index contributed by atoms with van der Waals surface area (Å²) < 4.78 is 5.28. The molecule has 1 aliphatic rings. The van der Waals surface area contributed by atoms with Crippen molar-refractivity contribution in [3.8, 4) is 5.75 Å². The van der Waals surface area contributed by atoms with Crippen molar-refractivity contribution < 1.29 is 9.53 Å². The molecule has 0 amide bonds. The molecule has 0 spiro atoms. The number of aryl methyl sites for hydroxylation is 1. The lowest BCUT2D eigenvalue weighted by Crippen LogP contribution is -2.36. The average molecular weight is 399 g/mol. The summed E-state index contributed by atoms with van der Waals surface area (Å²) in [7, 11) is 1.66. The maximum Gasteiger partial charge on any atom is 0.183 e. The molecule has 0 radical (unpaired) electrons. The van der Waals surface area contributed by atoms with Crippen molar-refractivity contribution in [3.63, 3.8) is 0 Å². The van der Waals surface area contributed by atoms with Gasteiger partial charge in [-0.2, -0.15) is 0 Å². The minimum atomic E-state index is -0.902. The summed E-state index contributed by atoms with van der Waals surface area (Å²) in [6.45, 7) is 7.10. The van der Waals surface area contributed by atoms with Gasteiger partial charge in [0.05, 0.1) is 7.11 Å². The largest absolute Gasteiger partial charge is 0.497 e. The van der Waals surface area contributed by atoms with Gasteiger partial charge in [0.2, 0.25) is 0 Å². The van der Waals surface area contributed by atoms with Crippen molar-refractivity contribution >= 4 is 28.9 Å². The van der Waals surface area contributed by atoms with Gasteiger partial charge in [0.1, 0.15) is 16.5 Å². The van der Waals surface area contributed by atoms with Crippen molar-refractivity contribution in [1.82, 2.24) is 0 Å². The number of hydrogen-bond acceptors (Lipinski definition) is 3. The number of carbonyl (C=O) groups is 1. The second-order valence-electron chi connectivity index (χ2n) is 7.43. The molecule has 1 heterocycles. The minimum Gasteiger partial charge on any atom is -0.497 e. The number of halogens is 1. The van der Waals surface area contributed by atoms with Crippen LogP contribution in [0.5, 0.6) is 5.75 Å². The van der Waals surface area contributed by atoms with Gasteiger partial charge in [-0.15, -0.1) is 11.6 Å². The van der Waals surface area contributed by atoms with E-state index in [0.29, 0.717) is 12.1 Å². The van der Waals surface area contributed by atoms with E-state index in [1.165, 1.54) is 0 Å². The molecule has 0 saturated carbocycles. The molecule has 0 bridgehead atoms. The first kappa shape index (κ1) is 20.4. The third-order valence-corrected chi connectivity index (χ3v) is 5.08. The predicted molar refractivity (Wildman–Crippen MR) is 116 cm³/mol. The lowest BCUT2D eigenvalue weighted by Gasteiger charge is -2.33. The molecule has 0 saturated heterocycles. The number of carbonyl (C=O) groups excluding carboxylic acids is 1. The van der Waals surface area contributed by atoms with Gasteiger partial charge < -0.3 is 9.64 Å². The van der Waals surface area contributed by atoms with Crippen LogP contribution in [0.3, 0.4) is 0 Å². The van der Waals surface area contributed by atoms with Crippen LogP contribution < -0.4 is 9.64 Å². The number of methoxy groups -OCH3 is 1. The Morgan fingerprint density at radius 1 is 1.18 bits per heavy atom. The quantitative estimate of drug-likeness (QED) is 0.304. The summed E-state index contributed by atoms with van der Waals surface area (Å²) in [4.78, 5) is 18.7. The van der Waals surface area contributed by atoms with E-state index in [0.717, 1.165) is 47.8 Å². The number of alkyl halides is 1. The number of ether oxygens (including phenoxy) is 1. The fraction of sp³-hybridized carbons (Fsp3) is 0.391. The van der Waals surface area contributed by atoms with Gasteiger partial charge in [-0.3, -0.25) is 9.79 Å². The molecular weight excluding hydrogens is 372 g/mol. The SMILES string of the molecule is CC/N=C(/c1ccc(OC)cc1)N1CCCc2cc(C(=O)C(C)(C)Cl)ccc21. The maximum atomic E-state index is 12.6. The predicted octanol–water partition coefficient (Wildman–Crippen LogP) is 5.11. The van der Waals surface area contributed by atoms with E-state index in [1.54, 1.807) is 21.0 Å². The van der Waals surface area contributed by atoms with Gasteiger partial charge in [0.15, 0.2) is 5.78 Å². The van der Waals surface area contributed by atoms with Gasteiger partial charge in [-0.1, -0.05) is 0 Å². The van der Waals surface area contributed by atoms with E-state index in [-0.39, 0.29) is 5.78 Å². The van der Waals surface area contributed by atoms with Crippen LogP contribution in [0, 0.1) is 0 Å². The normalized spacial score (nSPS) is 14.6. The van der Waals surface area contributed by atoms with Crippen molar-refractivity contribution in [2.24, 2.45) is 4.99 Å². The number of rotatable bonds is 5. The van der Waals surface area contributed by atoms with Crippen LogP contribution in [0.15, 0.2) is 47.5 Å². The first-order valence-electron chi connectivity index (χ1n) is 9.68. The lowest BCUT2D eigenvalue weighted by atomic mass is 9.93. The van der Waals surface area contributed by atoms with E-state index in [9.17, 15) is 4.79 Å². The average Bonchev–Trinajstić information content (AvgIpc) is 2.70. The Kier molecular flexibility index (Phi) is 6.09. The van der Waals surface area contributed by atoms with E-state index < -0.39 is 4.87 Å². The van der Waals surface area contributed by atoms with Crippen molar-refractivity contribution in [1.29, 1.82) is 0 Å². The molecule has 5 heteroatoms. The van der Waals surface area contributed by atoms with Crippen molar-refractivity contribution in [3.05, 3.63) is 59.2 Å². The molecule has 0 unspecified atom stereocenters. The number of aliphatic imine (C=N–C) groups is 1. The molecule has 2 aromatic carbocycles. The summed E-state index contributed by atoms with van der Waals surface area (Å²) in [5.74, 6) is 1.72. The fourth-order valence-electron chi connectivity index (χ4n) is 3.52. The molecule has 2 aromatic rings. The summed E-state index contributed by atoms with van der Waals surface area (Å²) in [5.41, 5.74) is 3.99.